The van der Waals surface area contributed by atoms with Crippen molar-refractivity contribution in [2.45, 2.75) is 45.7 Å². The summed E-state index contributed by atoms with van der Waals surface area (Å²) in [7, 11) is 2.14. The van der Waals surface area contributed by atoms with Crippen LogP contribution in [0.2, 0.25) is 0 Å². The molecule has 0 fully saturated rings. The number of rotatable bonds is 9. The molecule has 120 valence electrons. The molecule has 0 amide bonds. The number of aliphatic hydroxyl groups excluding tert-OH is 1. The maximum Gasteiger partial charge on any atom is 0.0799 e. The molecule has 1 aromatic rings. The second-order valence-corrected chi connectivity index (χ2v) is 6.83. The fourth-order valence-electron chi connectivity index (χ4n) is 2.74. The van der Waals surface area contributed by atoms with Crippen molar-refractivity contribution in [3.05, 3.63) is 35.9 Å². The molecule has 0 radical (unpaired) electrons. The first-order valence-electron chi connectivity index (χ1n) is 8.02. The Balaban J connectivity index is 2.91. The van der Waals surface area contributed by atoms with E-state index in [0.29, 0.717) is 12.0 Å². The minimum absolute atomic E-state index is 0.0984. The van der Waals surface area contributed by atoms with Gasteiger partial charge in [-0.05, 0) is 45.3 Å². The first-order chi connectivity index (χ1) is 9.89. The van der Waals surface area contributed by atoms with Crippen LogP contribution in [0.1, 0.15) is 39.7 Å². The highest BCUT2D eigenvalue weighted by Gasteiger charge is 2.33. The zero-order chi connectivity index (χ0) is 15.9. The predicted octanol–water partition coefficient (Wildman–Crippen LogP) is 2.85. The number of hydrogen-bond acceptors (Lipinski definition) is 3. The SMILES string of the molecule is CC(C)CCN(C)CC(CO)(NC(C)C)c1ccccc1. The van der Waals surface area contributed by atoms with Gasteiger partial charge in [-0.3, -0.25) is 0 Å². The van der Waals surface area contributed by atoms with Gasteiger partial charge in [0.15, 0.2) is 0 Å². The van der Waals surface area contributed by atoms with E-state index in [4.69, 9.17) is 0 Å². The average molecular weight is 292 g/mol. The minimum Gasteiger partial charge on any atom is -0.394 e. The van der Waals surface area contributed by atoms with Crippen LogP contribution in [0, 0.1) is 5.92 Å². The fourth-order valence-corrected chi connectivity index (χ4v) is 2.74. The normalized spacial score (nSPS) is 14.9. The molecular formula is C18H32N2O. The highest BCUT2D eigenvalue weighted by atomic mass is 16.3. The van der Waals surface area contributed by atoms with E-state index >= 15 is 0 Å². The van der Waals surface area contributed by atoms with Gasteiger partial charge in [-0.1, -0.05) is 44.2 Å². The highest BCUT2D eigenvalue weighted by molar-refractivity contribution is 5.25. The van der Waals surface area contributed by atoms with E-state index in [1.165, 1.54) is 6.42 Å². The average Bonchev–Trinajstić information content (AvgIpc) is 2.44. The summed E-state index contributed by atoms with van der Waals surface area (Å²) in [6.45, 7) is 10.7. The van der Waals surface area contributed by atoms with Crippen molar-refractivity contribution >= 4 is 0 Å². The van der Waals surface area contributed by atoms with Crippen LogP contribution in [0.3, 0.4) is 0 Å². The molecule has 0 spiro atoms. The molecule has 1 aromatic carbocycles. The summed E-state index contributed by atoms with van der Waals surface area (Å²) in [6, 6.07) is 10.6. The number of nitrogens with zero attached hydrogens (tertiary/aromatic N) is 1. The number of hydrogen-bond donors (Lipinski definition) is 2. The molecule has 1 rings (SSSR count). The number of nitrogens with one attached hydrogen (secondary N) is 1. The second-order valence-electron chi connectivity index (χ2n) is 6.83. The molecule has 1 atom stereocenters. The molecule has 3 heteroatoms. The monoisotopic (exact) mass is 292 g/mol. The lowest BCUT2D eigenvalue weighted by Gasteiger charge is -2.39. The number of benzene rings is 1. The van der Waals surface area contributed by atoms with Gasteiger partial charge < -0.3 is 15.3 Å². The fraction of sp³-hybridized carbons (Fsp3) is 0.667. The van der Waals surface area contributed by atoms with Gasteiger partial charge in [-0.15, -0.1) is 0 Å². The number of aliphatic hydroxyl groups is 1. The highest BCUT2D eigenvalue weighted by Crippen LogP contribution is 2.23. The van der Waals surface area contributed by atoms with Crippen LogP contribution >= 0.6 is 0 Å². The standard InChI is InChI=1S/C18H32N2O/c1-15(2)11-12-20(5)13-18(14-21,19-16(3)4)17-9-7-6-8-10-17/h6-10,15-16,19,21H,11-14H2,1-5H3. The van der Waals surface area contributed by atoms with Gasteiger partial charge in [0.1, 0.15) is 0 Å². The first-order valence-corrected chi connectivity index (χ1v) is 8.02. The molecule has 0 aliphatic carbocycles. The van der Waals surface area contributed by atoms with Crippen LogP contribution in [0.15, 0.2) is 30.3 Å². The van der Waals surface area contributed by atoms with Gasteiger partial charge in [-0.25, -0.2) is 0 Å². The van der Waals surface area contributed by atoms with Crippen LogP contribution in [0.25, 0.3) is 0 Å². The van der Waals surface area contributed by atoms with Crippen LogP contribution in [-0.4, -0.2) is 42.8 Å². The first kappa shape index (κ1) is 18.1. The van der Waals surface area contributed by atoms with Gasteiger partial charge in [0, 0.05) is 12.6 Å². The second kappa shape index (κ2) is 8.52. The van der Waals surface area contributed by atoms with E-state index in [-0.39, 0.29) is 6.61 Å². The van der Waals surface area contributed by atoms with Gasteiger partial charge in [0.25, 0.3) is 0 Å². The third-order valence-corrected chi connectivity index (χ3v) is 3.79. The Kier molecular flexibility index (Phi) is 7.36. The van der Waals surface area contributed by atoms with E-state index < -0.39 is 5.54 Å². The van der Waals surface area contributed by atoms with Gasteiger partial charge in [0.2, 0.25) is 0 Å². The lowest BCUT2D eigenvalue weighted by molar-refractivity contribution is 0.108. The molecule has 21 heavy (non-hydrogen) atoms. The smallest absolute Gasteiger partial charge is 0.0799 e. The predicted molar refractivity (Wildman–Crippen MR) is 90.4 cm³/mol. The van der Waals surface area contributed by atoms with Crippen molar-refractivity contribution in [2.24, 2.45) is 5.92 Å². The van der Waals surface area contributed by atoms with Crippen molar-refractivity contribution in [3.8, 4) is 0 Å². The Morgan fingerprint density at radius 3 is 2.24 bits per heavy atom. The molecule has 0 bridgehead atoms. The van der Waals surface area contributed by atoms with E-state index in [1.807, 2.05) is 18.2 Å². The van der Waals surface area contributed by atoms with E-state index in [1.54, 1.807) is 0 Å². The van der Waals surface area contributed by atoms with E-state index in [9.17, 15) is 5.11 Å². The van der Waals surface area contributed by atoms with Gasteiger partial charge in [-0.2, -0.15) is 0 Å². The molecule has 3 nitrogen and oxygen atoms in total. The largest absolute Gasteiger partial charge is 0.394 e. The van der Waals surface area contributed by atoms with Crippen molar-refractivity contribution < 1.29 is 5.11 Å². The topological polar surface area (TPSA) is 35.5 Å². The molecular weight excluding hydrogens is 260 g/mol. The van der Waals surface area contributed by atoms with Crippen LogP contribution in [0.4, 0.5) is 0 Å². The molecule has 0 aromatic heterocycles. The van der Waals surface area contributed by atoms with E-state index in [0.717, 1.165) is 18.7 Å². The summed E-state index contributed by atoms with van der Waals surface area (Å²) in [5, 5.41) is 13.7. The van der Waals surface area contributed by atoms with Gasteiger partial charge >= 0.3 is 0 Å². The summed E-state index contributed by atoms with van der Waals surface area (Å²) >= 11 is 0. The van der Waals surface area contributed by atoms with Crippen LogP contribution < -0.4 is 5.32 Å². The molecule has 0 saturated carbocycles. The van der Waals surface area contributed by atoms with Gasteiger partial charge in [0.05, 0.1) is 12.1 Å². The Morgan fingerprint density at radius 2 is 1.76 bits per heavy atom. The van der Waals surface area contributed by atoms with E-state index in [2.05, 4.69) is 57.1 Å². The lowest BCUT2D eigenvalue weighted by Crippen LogP contribution is -2.55. The summed E-state index contributed by atoms with van der Waals surface area (Å²) in [6.07, 6.45) is 1.18. The third-order valence-electron chi connectivity index (χ3n) is 3.79. The molecule has 2 N–H and O–H groups in total. The molecule has 0 aliphatic heterocycles. The maximum absolute atomic E-state index is 10.1. The molecule has 0 saturated heterocycles. The van der Waals surface area contributed by atoms with Crippen LogP contribution in [0.5, 0.6) is 0 Å². The molecule has 1 unspecified atom stereocenters. The Bertz CT molecular complexity index is 391. The van der Waals surface area contributed by atoms with Crippen molar-refractivity contribution in [2.75, 3.05) is 26.7 Å². The maximum atomic E-state index is 10.1. The summed E-state index contributed by atoms with van der Waals surface area (Å²) in [5.74, 6) is 0.700. The van der Waals surface area contributed by atoms with Crippen molar-refractivity contribution in [3.63, 3.8) is 0 Å². The lowest BCUT2D eigenvalue weighted by atomic mass is 9.89. The molecule has 0 aliphatic rings. The summed E-state index contributed by atoms with van der Waals surface area (Å²) < 4.78 is 0. The zero-order valence-electron chi connectivity index (χ0n) is 14.3. The minimum atomic E-state index is -0.402. The van der Waals surface area contributed by atoms with Crippen molar-refractivity contribution in [1.82, 2.24) is 10.2 Å². The molecule has 0 heterocycles. The number of likely N-dealkylation sites (N-methyl/N-ethyl adjacent to an activating group) is 1. The Hall–Kier alpha value is -0.900. The van der Waals surface area contributed by atoms with Crippen molar-refractivity contribution in [1.29, 1.82) is 0 Å². The Morgan fingerprint density at radius 1 is 1.14 bits per heavy atom. The summed E-state index contributed by atoms with van der Waals surface area (Å²) in [4.78, 5) is 2.32. The zero-order valence-corrected chi connectivity index (χ0v) is 14.3. The van der Waals surface area contributed by atoms with Crippen LogP contribution in [-0.2, 0) is 5.54 Å². The third kappa shape index (κ3) is 5.77. The Labute approximate surface area is 130 Å². The quantitative estimate of drug-likeness (QED) is 0.734. The summed E-state index contributed by atoms with van der Waals surface area (Å²) in [5.41, 5.74) is 0.749.